The van der Waals surface area contributed by atoms with Crippen molar-refractivity contribution in [2.75, 3.05) is 12.0 Å². The van der Waals surface area contributed by atoms with Gasteiger partial charge in [0.25, 0.3) is 0 Å². The van der Waals surface area contributed by atoms with Crippen LogP contribution in [0.25, 0.3) is 0 Å². The SMILES string of the molecule is COC(=O)c1cc(C)c(OC(F)(F)F)cc1N(C(=O)OC(C)(C)C)C(=O)OC(C)(C)C. The van der Waals surface area contributed by atoms with Gasteiger partial charge in [0, 0.05) is 6.07 Å². The number of rotatable bonds is 3. The number of halogens is 3. The molecule has 1 aromatic carbocycles. The zero-order chi connectivity index (χ0) is 24.4. The molecule has 0 atom stereocenters. The number of hydrogen-bond acceptors (Lipinski definition) is 7. The summed E-state index contributed by atoms with van der Waals surface area (Å²) in [5.41, 5.74) is -3.15. The molecule has 0 saturated heterocycles. The number of nitrogens with zero attached hydrogens (tertiary/aromatic N) is 1. The summed E-state index contributed by atoms with van der Waals surface area (Å²) in [5.74, 6) is -1.74. The maximum atomic E-state index is 12.8. The molecule has 0 N–H and O–H groups in total. The summed E-state index contributed by atoms with van der Waals surface area (Å²) in [7, 11) is 1.03. The number of amides is 2. The molecule has 0 spiro atoms. The topological polar surface area (TPSA) is 91.4 Å². The molecule has 0 saturated carbocycles. The highest BCUT2D eigenvalue weighted by Gasteiger charge is 2.37. The van der Waals surface area contributed by atoms with Gasteiger partial charge in [-0.05, 0) is 60.1 Å². The van der Waals surface area contributed by atoms with Crippen LogP contribution in [0.2, 0.25) is 0 Å². The molecule has 0 unspecified atom stereocenters. The van der Waals surface area contributed by atoms with E-state index in [2.05, 4.69) is 9.47 Å². The predicted molar refractivity (Wildman–Crippen MR) is 104 cm³/mol. The van der Waals surface area contributed by atoms with Crippen LogP contribution in [0.5, 0.6) is 5.75 Å². The van der Waals surface area contributed by atoms with E-state index in [9.17, 15) is 27.6 Å². The molecule has 0 aliphatic carbocycles. The number of ether oxygens (including phenoxy) is 4. The predicted octanol–water partition coefficient (Wildman–Crippen LogP) is 5.36. The largest absolute Gasteiger partial charge is 0.573 e. The van der Waals surface area contributed by atoms with Crippen molar-refractivity contribution in [3.63, 3.8) is 0 Å². The van der Waals surface area contributed by atoms with Crippen LogP contribution in [0.3, 0.4) is 0 Å². The van der Waals surface area contributed by atoms with Crippen LogP contribution in [-0.4, -0.2) is 42.8 Å². The Balaban J connectivity index is 3.75. The fourth-order valence-corrected chi connectivity index (χ4v) is 2.26. The Kier molecular flexibility index (Phi) is 7.59. The molecular weight excluding hydrogens is 423 g/mol. The molecule has 1 rings (SSSR count). The van der Waals surface area contributed by atoms with Crippen LogP contribution in [0.1, 0.15) is 57.5 Å². The fraction of sp³-hybridized carbons (Fsp3) is 0.550. The Hall–Kier alpha value is -2.98. The summed E-state index contributed by atoms with van der Waals surface area (Å²) in [4.78, 5) is 38.2. The monoisotopic (exact) mass is 449 g/mol. The Morgan fingerprint density at radius 1 is 0.871 bits per heavy atom. The maximum absolute atomic E-state index is 12.8. The third-order valence-corrected chi connectivity index (χ3v) is 3.32. The quantitative estimate of drug-likeness (QED) is 0.453. The second kappa shape index (κ2) is 9.03. The Labute approximate surface area is 178 Å². The lowest BCUT2D eigenvalue weighted by Gasteiger charge is -2.29. The van der Waals surface area contributed by atoms with Crippen molar-refractivity contribution in [1.29, 1.82) is 0 Å². The highest BCUT2D eigenvalue weighted by atomic mass is 19.4. The van der Waals surface area contributed by atoms with Crippen molar-refractivity contribution in [2.45, 2.75) is 66.0 Å². The normalized spacial score (nSPS) is 12.1. The van der Waals surface area contributed by atoms with Gasteiger partial charge in [-0.2, -0.15) is 4.90 Å². The van der Waals surface area contributed by atoms with Gasteiger partial charge < -0.3 is 18.9 Å². The van der Waals surface area contributed by atoms with Crippen molar-refractivity contribution < 1.29 is 46.5 Å². The van der Waals surface area contributed by atoms with Crippen molar-refractivity contribution in [3.05, 3.63) is 23.3 Å². The number of anilines is 1. The lowest BCUT2D eigenvalue weighted by molar-refractivity contribution is -0.274. The molecule has 174 valence electrons. The van der Waals surface area contributed by atoms with E-state index in [1.165, 1.54) is 48.5 Å². The van der Waals surface area contributed by atoms with Crippen LogP contribution in [0, 0.1) is 6.92 Å². The first kappa shape index (κ1) is 26.1. The van der Waals surface area contributed by atoms with E-state index >= 15 is 0 Å². The standard InChI is InChI=1S/C20H26F3NO7/c1-11-9-12(15(25)28-8)13(10-14(11)29-20(21,22)23)24(16(26)30-18(2,3)4)17(27)31-19(5,6)7/h9-10H,1-8H3. The van der Waals surface area contributed by atoms with Crippen LogP contribution in [0.15, 0.2) is 12.1 Å². The summed E-state index contributed by atoms with van der Waals surface area (Å²) in [6.07, 6.45) is -7.60. The van der Waals surface area contributed by atoms with E-state index in [0.717, 1.165) is 19.2 Å². The van der Waals surface area contributed by atoms with Gasteiger partial charge in [0.1, 0.15) is 17.0 Å². The molecule has 2 amide bonds. The highest BCUT2D eigenvalue weighted by molar-refractivity contribution is 6.13. The average Bonchev–Trinajstić information content (AvgIpc) is 2.52. The maximum Gasteiger partial charge on any atom is 0.573 e. The second-order valence-corrected chi connectivity index (χ2v) is 8.47. The van der Waals surface area contributed by atoms with E-state index in [0.29, 0.717) is 4.90 Å². The molecule has 0 fully saturated rings. The second-order valence-electron chi connectivity index (χ2n) is 8.47. The minimum Gasteiger partial charge on any atom is -0.465 e. The summed E-state index contributed by atoms with van der Waals surface area (Å²) >= 11 is 0. The van der Waals surface area contributed by atoms with Gasteiger partial charge in [0.15, 0.2) is 0 Å². The van der Waals surface area contributed by atoms with Gasteiger partial charge >= 0.3 is 24.5 Å². The van der Waals surface area contributed by atoms with Crippen LogP contribution >= 0.6 is 0 Å². The van der Waals surface area contributed by atoms with Crippen LogP contribution in [0.4, 0.5) is 28.4 Å². The molecular formula is C20H26F3NO7. The molecule has 0 bridgehead atoms. The first-order chi connectivity index (χ1) is 13.8. The van der Waals surface area contributed by atoms with Gasteiger partial charge in [-0.1, -0.05) is 0 Å². The lowest BCUT2D eigenvalue weighted by atomic mass is 10.1. The smallest absolute Gasteiger partial charge is 0.465 e. The third kappa shape index (κ3) is 7.99. The summed E-state index contributed by atoms with van der Waals surface area (Å²) in [6.45, 7) is 10.4. The summed E-state index contributed by atoms with van der Waals surface area (Å²) in [6, 6.07) is 1.73. The van der Waals surface area contributed by atoms with Gasteiger partial charge in [0.05, 0.1) is 18.4 Å². The number of methoxy groups -OCH3 is 1. The molecule has 31 heavy (non-hydrogen) atoms. The average molecular weight is 449 g/mol. The van der Waals surface area contributed by atoms with Crippen molar-refractivity contribution in [1.82, 2.24) is 0 Å². The van der Waals surface area contributed by atoms with E-state index in [1.54, 1.807) is 0 Å². The minimum absolute atomic E-state index is 0.0881. The highest BCUT2D eigenvalue weighted by Crippen LogP contribution is 2.35. The molecule has 11 heteroatoms. The van der Waals surface area contributed by atoms with E-state index < -0.39 is 47.2 Å². The number of benzene rings is 1. The number of aryl methyl sites for hydroxylation is 1. The van der Waals surface area contributed by atoms with Gasteiger partial charge in [-0.15, -0.1) is 13.2 Å². The van der Waals surface area contributed by atoms with Crippen molar-refractivity contribution >= 4 is 23.8 Å². The zero-order valence-corrected chi connectivity index (χ0v) is 18.6. The Morgan fingerprint density at radius 3 is 1.68 bits per heavy atom. The molecule has 0 aromatic heterocycles. The van der Waals surface area contributed by atoms with Crippen molar-refractivity contribution in [2.24, 2.45) is 0 Å². The van der Waals surface area contributed by atoms with Crippen molar-refractivity contribution in [3.8, 4) is 5.75 Å². The molecule has 0 heterocycles. The van der Waals surface area contributed by atoms with Gasteiger partial charge in [0.2, 0.25) is 0 Å². The fourth-order valence-electron chi connectivity index (χ4n) is 2.26. The van der Waals surface area contributed by atoms with Crippen LogP contribution < -0.4 is 9.64 Å². The molecule has 0 aliphatic rings. The number of hydrogen-bond donors (Lipinski definition) is 0. The summed E-state index contributed by atoms with van der Waals surface area (Å²) < 4.78 is 57.5. The van der Waals surface area contributed by atoms with E-state index in [4.69, 9.17) is 9.47 Å². The van der Waals surface area contributed by atoms with E-state index in [-0.39, 0.29) is 11.1 Å². The first-order valence-electron chi connectivity index (χ1n) is 9.09. The summed E-state index contributed by atoms with van der Waals surface area (Å²) in [5, 5.41) is 0. The number of alkyl halides is 3. The number of esters is 1. The third-order valence-electron chi connectivity index (χ3n) is 3.32. The molecule has 0 radical (unpaired) electrons. The van der Waals surface area contributed by atoms with Crippen LogP contribution in [-0.2, 0) is 14.2 Å². The first-order valence-corrected chi connectivity index (χ1v) is 9.09. The lowest BCUT2D eigenvalue weighted by Crippen LogP contribution is -2.44. The minimum atomic E-state index is -5.06. The Morgan fingerprint density at radius 2 is 1.32 bits per heavy atom. The Bertz CT molecular complexity index is 824. The molecule has 8 nitrogen and oxygen atoms in total. The van der Waals surface area contributed by atoms with E-state index in [1.807, 2.05) is 0 Å². The number of carbonyl (C=O) groups excluding carboxylic acids is 3. The number of imide groups is 1. The van der Waals surface area contributed by atoms with Gasteiger partial charge in [-0.3, -0.25) is 0 Å². The molecule has 0 aliphatic heterocycles. The zero-order valence-electron chi connectivity index (χ0n) is 18.6. The van der Waals surface area contributed by atoms with Gasteiger partial charge in [-0.25, -0.2) is 14.4 Å². The number of carbonyl (C=O) groups is 3. The molecule has 1 aromatic rings.